The molecule has 116 valence electrons. The largest absolute Gasteiger partial charge is 0.322 e. The standard InChI is InChI=1S/C16H31N3O/c1-6-7-14-16(20)19(15(17-14)11(2)3)13-8-9-18(5)12(4)10-13/h11-15,17H,6-10H2,1-5H3. The summed E-state index contributed by atoms with van der Waals surface area (Å²) in [4.78, 5) is 17.3. The van der Waals surface area contributed by atoms with Crippen LogP contribution < -0.4 is 5.32 Å². The molecule has 0 bridgehead atoms. The summed E-state index contributed by atoms with van der Waals surface area (Å²) in [5, 5.41) is 3.58. The number of amides is 1. The van der Waals surface area contributed by atoms with Crippen molar-refractivity contribution in [2.24, 2.45) is 5.92 Å². The van der Waals surface area contributed by atoms with Crippen molar-refractivity contribution in [2.75, 3.05) is 13.6 Å². The van der Waals surface area contributed by atoms with Crippen LogP contribution in [0.25, 0.3) is 0 Å². The Bertz CT molecular complexity index is 345. The number of nitrogens with zero attached hydrogens (tertiary/aromatic N) is 2. The molecule has 4 unspecified atom stereocenters. The van der Waals surface area contributed by atoms with Gasteiger partial charge in [-0.15, -0.1) is 0 Å². The molecule has 0 saturated carbocycles. The molecule has 0 aromatic carbocycles. The lowest BCUT2D eigenvalue weighted by atomic mass is 9.96. The summed E-state index contributed by atoms with van der Waals surface area (Å²) in [7, 11) is 2.19. The molecule has 2 aliphatic heterocycles. The minimum atomic E-state index is 0.0439. The highest BCUT2D eigenvalue weighted by molar-refractivity contribution is 5.84. The van der Waals surface area contributed by atoms with Crippen molar-refractivity contribution in [1.29, 1.82) is 0 Å². The third-order valence-corrected chi connectivity index (χ3v) is 5.01. The van der Waals surface area contributed by atoms with Gasteiger partial charge in [0.05, 0.1) is 12.2 Å². The van der Waals surface area contributed by atoms with Crippen molar-refractivity contribution < 1.29 is 4.79 Å². The van der Waals surface area contributed by atoms with E-state index < -0.39 is 0 Å². The highest BCUT2D eigenvalue weighted by Gasteiger charge is 2.44. The Morgan fingerprint density at radius 3 is 2.65 bits per heavy atom. The van der Waals surface area contributed by atoms with Gasteiger partial charge in [-0.2, -0.15) is 0 Å². The molecular weight excluding hydrogens is 250 g/mol. The number of carbonyl (C=O) groups is 1. The molecule has 2 saturated heterocycles. The second kappa shape index (κ2) is 6.44. The number of carbonyl (C=O) groups excluding carboxylic acids is 1. The summed E-state index contributed by atoms with van der Waals surface area (Å²) in [6.07, 6.45) is 4.45. The second-order valence-corrected chi connectivity index (χ2v) is 6.95. The number of nitrogens with one attached hydrogen (secondary N) is 1. The van der Waals surface area contributed by atoms with E-state index in [1.54, 1.807) is 0 Å². The Labute approximate surface area is 123 Å². The van der Waals surface area contributed by atoms with Crippen molar-refractivity contribution >= 4 is 5.91 Å². The number of hydrogen-bond acceptors (Lipinski definition) is 3. The van der Waals surface area contributed by atoms with Gasteiger partial charge in [-0.3, -0.25) is 10.1 Å². The molecule has 4 heteroatoms. The van der Waals surface area contributed by atoms with E-state index in [0.29, 0.717) is 23.9 Å². The Balaban J connectivity index is 2.12. The Morgan fingerprint density at radius 1 is 1.40 bits per heavy atom. The quantitative estimate of drug-likeness (QED) is 0.856. The van der Waals surface area contributed by atoms with Gasteiger partial charge in [-0.05, 0) is 39.2 Å². The average molecular weight is 281 g/mol. The molecule has 1 amide bonds. The van der Waals surface area contributed by atoms with Gasteiger partial charge >= 0.3 is 0 Å². The van der Waals surface area contributed by atoms with Crippen LogP contribution in [-0.2, 0) is 4.79 Å². The van der Waals surface area contributed by atoms with Crippen LogP contribution in [0.1, 0.15) is 53.4 Å². The maximum atomic E-state index is 12.7. The predicted octanol–water partition coefficient (Wildman–Crippen LogP) is 2.05. The summed E-state index contributed by atoms with van der Waals surface area (Å²) < 4.78 is 0. The first kappa shape index (κ1) is 15.8. The van der Waals surface area contributed by atoms with Crippen LogP contribution in [0, 0.1) is 5.92 Å². The van der Waals surface area contributed by atoms with Crippen LogP contribution in [0.15, 0.2) is 0 Å². The van der Waals surface area contributed by atoms with Crippen LogP contribution in [0.5, 0.6) is 0 Å². The normalized spacial score (nSPS) is 36.1. The summed E-state index contributed by atoms with van der Waals surface area (Å²) >= 11 is 0. The summed E-state index contributed by atoms with van der Waals surface area (Å²) in [5.74, 6) is 0.808. The van der Waals surface area contributed by atoms with Gasteiger partial charge in [0.15, 0.2) is 0 Å². The summed E-state index contributed by atoms with van der Waals surface area (Å²) in [5.41, 5.74) is 0. The third-order valence-electron chi connectivity index (χ3n) is 5.01. The fraction of sp³-hybridized carbons (Fsp3) is 0.938. The third kappa shape index (κ3) is 3.01. The molecule has 2 fully saturated rings. The summed E-state index contributed by atoms with van der Waals surface area (Å²) in [6.45, 7) is 9.95. The van der Waals surface area contributed by atoms with Crippen LogP contribution in [0.4, 0.5) is 0 Å². The van der Waals surface area contributed by atoms with Crippen LogP contribution >= 0.6 is 0 Å². The Hall–Kier alpha value is -0.610. The van der Waals surface area contributed by atoms with E-state index >= 15 is 0 Å². The number of likely N-dealkylation sites (tertiary alicyclic amines) is 1. The van der Waals surface area contributed by atoms with Gasteiger partial charge in [0, 0.05) is 18.6 Å². The zero-order chi connectivity index (χ0) is 14.9. The van der Waals surface area contributed by atoms with Gasteiger partial charge < -0.3 is 9.80 Å². The minimum Gasteiger partial charge on any atom is -0.322 e. The maximum absolute atomic E-state index is 12.7. The van der Waals surface area contributed by atoms with Crippen molar-refractivity contribution in [1.82, 2.24) is 15.1 Å². The zero-order valence-electron chi connectivity index (χ0n) is 13.7. The number of piperidine rings is 1. The van der Waals surface area contributed by atoms with Crippen LogP contribution in [-0.4, -0.2) is 53.6 Å². The Kier molecular flexibility index (Phi) is 5.08. The molecule has 4 nitrogen and oxygen atoms in total. The van der Waals surface area contributed by atoms with Crippen LogP contribution in [0.3, 0.4) is 0 Å². The van der Waals surface area contributed by atoms with E-state index in [-0.39, 0.29) is 12.2 Å². The fourth-order valence-corrected chi connectivity index (χ4v) is 3.61. The molecule has 2 aliphatic rings. The highest BCUT2D eigenvalue weighted by atomic mass is 16.2. The van der Waals surface area contributed by atoms with Gasteiger partial charge in [0.2, 0.25) is 5.91 Å². The second-order valence-electron chi connectivity index (χ2n) is 6.95. The molecule has 2 heterocycles. The van der Waals surface area contributed by atoms with E-state index in [1.165, 1.54) is 0 Å². The molecule has 0 aromatic rings. The molecule has 2 rings (SSSR count). The van der Waals surface area contributed by atoms with Gasteiger partial charge in [-0.25, -0.2) is 0 Å². The molecule has 1 N–H and O–H groups in total. The fourth-order valence-electron chi connectivity index (χ4n) is 3.61. The molecule has 0 aliphatic carbocycles. The van der Waals surface area contributed by atoms with Gasteiger partial charge in [0.1, 0.15) is 0 Å². The monoisotopic (exact) mass is 281 g/mol. The predicted molar refractivity (Wildman–Crippen MR) is 82.4 cm³/mol. The number of hydrogen-bond donors (Lipinski definition) is 1. The van der Waals surface area contributed by atoms with E-state index in [9.17, 15) is 4.79 Å². The minimum absolute atomic E-state index is 0.0439. The van der Waals surface area contributed by atoms with E-state index in [4.69, 9.17) is 0 Å². The lowest BCUT2D eigenvalue weighted by molar-refractivity contribution is -0.134. The van der Waals surface area contributed by atoms with E-state index in [2.05, 4.69) is 49.9 Å². The van der Waals surface area contributed by atoms with Crippen LogP contribution in [0.2, 0.25) is 0 Å². The molecular formula is C16H31N3O. The first-order valence-corrected chi connectivity index (χ1v) is 8.24. The summed E-state index contributed by atoms with van der Waals surface area (Å²) in [6, 6.07) is 1.03. The lowest BCUT2D eigenvalue weighted by Gasteiger charge is -2.42. The van der Waals surface area contributed by atoms with Gasteiger partial charge in [0.25, 0.3) is 0 Å². The van der Waals surface area contributed by atoms with Gasteiger partial charge in [-0.1, -0.05) is 27.2 Å². The first-order valence-electron chi connectivity index (χ1n) is 8.24. The molecule has 0 radical (unpaired) electrons. The van der Waals surface area contributed by atoms with Crippen molar-refractivity contribution in [3.8, 4) is 0 Å². The first-order chi connectivity index (χ1) is 9.45. The van der Waals surface area contributed by atoms with E-state index in [1.807, 2.05) is 0 Å². The SMILES string of the molecule is CCCC1NC(C(C)C)N(C2CCN(C)C(C)C2)C1=O. The van der Waals surface area contributed by atoms with Crippen molar-refractivity contribution in [2.45, 2.75) is 77.7 Å². The molecule has 4 atom stereocenters. The highest BCUT2D eigenvalue weighted by Crippen LogP contribution is 2.29. The maximum Gasteiger partial charge on any atom is 0.241 e. The molecule has 0 aromatic heterocycles. The number of rotatable bonds is 4. The van der Waals surface area contributed by atoms with Crippen molar-refractivity contribution in [3.63, 3.8) is 0 Å². The van der Waals surface area contributed by atoms with Crippen molar-refractivity contribution in [3.05, 3.63) is 0 Å². The average Bonchev–Trinajstić information content (AvgIpc) is 2.71. The topological polar surface area (TPSA) is 35.6 Å². The zero-order valence-corrected chi connectivity index (χ0v) is 13.7. The smallest absolute Gasteiger partial charge is 0.241 e. The molecule has 20 heavy (non-hydrogen) atoms. The molecule has 0 spiro atoms. The Morgan fingerprint density at radius 2 is 2.10 bits per heavy atom. The lowest BCUT2D eigenvalue weighted by Crippen LogP contribution is -2.53. The van der Waals surface area contributed by atoms with E-state index in [0.717, 1.165) is 32.2 Å².